The lowest BCUT2D eigenvalue weighted by Crippen LogP contribution is -2.10. The van der Waals surface area contributed by atoms with Crippen molar-refractivity contribution in [3.8, 4) is 16.9 Å². The van der Waals surface area contributed by atoms with E-state index in [0.29, 0.717) is 19.0 Å². The molecule has 4 heteroatoms. The van der Waals surface area contributed by atoms with Gasteiger partial charge in [0.15, 0.2) is 0 Å². The average Bonchev–Trinajstić information content (AvgIpc) is 3.58. The van der Waals surface area contributed by atoms with Gasteiger partial charge in [-0.1, -0.05) is 76.1 Å². The third-order valence-corrected chi connectivity index (χ3v) is 7.52. The summed E-state index contributed by atoms with van der Waals surface area (Å²) in [6, 6.07) is 24.8. The largest absolute Gasteiger partial charge is 0.497 e. The quantitative estimate of drug-likeness (QED) is 0.234. The van der Waals surface area contributed by atoms with Gasteiger partial charge in [-0.2, -0.15) is 0 Å². The summed E-state index contributed by atoms with van der Waals surface area (Å²) < 4.78 is 12.0. The number of carbonyl (C=O) groups excluding carboxylic acids is 1. The molecule has 0 aliphatic heterocycles. The summed E-state index contributed by atoms with van der Waals surface area (Å²) in [4.78, 5) is 9.18. The Labute approximate surface area is 227 Å². The lowest BCUT2D eigenvalue weighted by atomic mass is 9.86. The van der Waals surface area contributed by atoms with Gasteiger partial charge in [-0.15, -0.1) is 0 Å². The molecular formula is C34H41NO3. The normalized spacial score (nSPS) is 13.7. The van der Waals surface area contributed by atoms with E-state index in [4.69, 9.17) is 4.74 Å². The molecule has 1 aliphatic carbocycles. The van der Waals surface area contributed by atoms with E-state index < -0.39 is 0 Å². The van der Waals surface area contributed by atoms with E-state index >= 15 is 0 Å². The Morgan fingerprint density at radius 3 is 2.32 bits per heavy atom. The van der Waals surface area contributed by atoms with Crippen LogP contribution in [0.1, 0.15) is 76.0 Å². The van der Waals surface area contributed by atoms with E-state index in [-0.39, 0.29) is 5.41 Å². The Bertz CT molecular complexity index is 1340. The molecule has 0 atom stereocenters. The molecule has 0 spiro atoms. The zero-order valence-electron chi connectivity index (χ0n) is 23.5. The van der Waals surface area contributed by atoms with Crippen LogP contribution in [0.5, 0.6) is 5.75 Å². The lowest BCUT2D eigenvalue weighted by molar-refractivity contribution is -0.128. The summed E-state index contributed by atoms with van der Waals surface area (Å²) in [5, 5.41) is 1.37. The van der Waals surface area contributed by atoms with Gasteiger partial charge in [0, 0.05) is 29.2 Å². The molecule has 3 aromatic carbocycles. The minimum atomic E-state index is 0.161. The molecule has 5 rings (SSSR count). The smallest absolute Gasteiger partial charge is 0.293 e. The summed E-state index contributed by atoms with van der Waals surface area (Å²) >= 11 is 0. The summed E-state index contributed by atoms with van der Waals surface area (Å²) in [7, 11) is 1.73. The molecule has 0 bridgehead atoms. The first-order valence-corrected chi connectivity index (χ1v) is 13.8. The SMILES string of the molecule is CCOC=O.COc1cccc(Cn2cc(-c3ccc(C(C)(C)C)cc3)c3cc(C4CCCC4)ccc32)c1. The number of hydrogen-bond donors (Lipinski definition) is 0. The fraction of sp³-hybridized carbons (Fsp3) is 0.382. The number of rotatable bonds is 7. The summed E-state index contributed by atoms with van der Waals surface area (Å²) in [5.41, 5.74) is 8.21. The molecule has 1 aliphatic rings. The van der Waals surface area contributed by atoms with Crippen LogP contribution in [0.3, 0.4) is 0 Å². The minimum absolute atomic E-state index is 0.161. The van der Waals surface area contributed by atoms with Crippen molar-refractivity contribution in [3.63, 3.8) is 0 Å². The van der Waals surface area contributed by atoms with Crippen molar-refractivity contribution in [2.45, 2.75) is 71.3 Å². The second-order valence-corrected chi connectivity index (χ2v) is 11.2. The molecule has 4 nitrogen and oxygen atoms in total. The number of nitrogens with zero attached hydrogens (tertiary/aromatic N) is 1. The van der Waals surface area contributed by atoms with Crippen LogP contribution in [0, 0.1) is 0 Å². The molecule has 1 saturated carbocycles. The number of ether oxygens (including phenoxy) is 2. The van der Waals surface area contributed by atoms with Crippen LogP contribution in [0.2, 0.25) is 0 Å². The third kappa shape index (κ3) is 6.48. The van der Waals surface area contributed by atoms with Crippen LogP contribution in [-0.2, 0) is 21.5 Å². The molecule has 4 aromatic rings. The maximum absolute atomic E-state index is 9.18. The Balaban J connectivity index is 0.000000617. The van der Waals surface area contributed by atoms with Crippen molar-refractivity contribution < 1.29 is 14.3 Å². The van der Waals surface area contributed by atoms with Crippen LogP contribution in [0.4, 0.5) is 0 Å². The van der Waals surface area contributed by atoms with Crippen molar-refractivity contribution in [2.75, 3.05) is 13.7 Å². The van der Waals surface area contributed by atoms with Crippen LogP contribution < -0.4 is 4.74 Å². The fourth-order valence-electron chi connectivity index (χ4n) is 5.37. The van der Waals surface area contributed by atoms with Gasteiger partial charge in [0.1, 0.15) is 5.75 Å². The van der Waals surface area contributed by atoms with Gasteiger partial charge in [-0.05, 0) is 77.6 Å². The van der Waals surface area contributed by atoms with Gasteiger partial charge in [-0.25, -0.2) is 0 Å². The zero-order valence-corrected chi connectivity index (χ0v) is 23.5. The van der Waals surface area contributed by atoms with E-state index in [1.165, 1.54) is 64.4 Å². The molecule has 0 radical (unpaired) electrons. The predicted molar refractivity (Wildman–Crippen MR) is 157 cm³/mol. The summed E-state index contributed by atoms with van der Waals surface area (Å²) in [5.74, 6) is 1.62. The maximum Gasteiger partial charge on any atom is 0.293 e. The highest BCUT2D eigenvalue weighted by Gasteiger charge is 2.20. The number of carbonyl (C=O) groups is 1. The molecular weight excluding hydrogens is 470 g/mol. The molecule has 200 valence electrons. The maximum atomic E-state index is 9.18. The molecule has 1 aromatic heterocycles. The molecule has 0 N–H and O–H groups in total. The number of fused-ring (bicyclic) bond motifs is 1. The lowest BCUT2D eigenvalue weighted by Gasteiger charge is -2.19. The topological polar surface area (TPSA) is 40.5 Å². The van der Waals surface area contributed by atoms with E-state index in [1.54, 1.807) is 14.0 Å². The molecule has 1 heterocycles. The first kappa shape index (κ1) is 27.5. The number of hydrogen-bond acceptors (Lipinski definition) is 3. The summed E-state index contributed by atoms with van der Waals surface area (Å²) in [6.45, 7) is 10.3. The minimum Gasteiger partial charge on any atom is -0.497 e. The first-order valence-electron chi connectivity index (χ1n) is 13.8. The number of aromatic nitrogens is 1. The van der Waals surface area contributed by atoms with E-state index in [1.807, 2.05) is 6.07 Å². The molecule has 0 saturated heterocycles. The second-order valence-electron chi connectivity index (χ2n) is 11.2. The highest BCUT2D eigenvalue weighted by atomic mass is 16.5. The van der Waals surface area contributed by atoms with Gasteiger partial charge in [0.25, 0.3) is 6.47 Å². The summed E-state index contributed by atoms with van der Waals surface area (Å²) in [6.07, 6.45) is 7.72. The highest BCUT2D eigenvalue weighted by Crippen LogP contribution is 2.39. The van der Waals surface area contributed by atoms with Crippen LogP contribution in [-0.4, -0.2) is 24.8 Å². The average molecular weight is 512 g/mol. The van der Waals surface area contributed by atoms with E-state index in [2.05, 4.69) is 96.9 Å². The monoisotopic (exact) mass is 511 g/mol. The van der Waals surface area contributed by atoms with Crippen molar-refractivity contribution in [2.24, 2.45) is 0 Å². The van der Waals surface area contributed by atoms with Gasteiger partial charge >= 0.3 is 0 Å². The Hall–Kier alpha value is -3.53. The van der Waals surface area contributed by atoms with Crippen LogP contribution in [0.25, 0.3) is 22.0 Å². The fourth-order valence-corrected chi connectivity index (χ4v) is 5.37. The van der Waals surface area contributed by atoms with Crippen molar-refractivity contribution in [3.05, 3.63) is 89.6 Å². The third-order valence-electron chi connectivity index (χ3n) is 7.52. The molecule has 0 amide bonds. The van der Waals surface area contributed by atoms with E-state index in [0.717, 1.165) is 12.3 Å². The molecule has 38 heavy (non-hydrogen) atoms. The standard InChI is InChI=1S/C31H35NO.C3H6O2/c1-31(2,3)26-15-12-24(13-16-26)29-21-32(20-22-8-7-11-27(18-22)33-4)30-17-14-25(19-28(29)30)23-9-5-6-10-23;1-2-5-3-4/h7-8,11-19,21,23H,5-6,9-10,20H2,1-4H3;3H,2H2,1H3. The Morgan fingerprint density at radius 2 is 1.71 bits per heavy atom. The molecule has 0 unspecified atom stereocenters. The van der Waals surface area contributed by atoms with Crippen molar-refractivity contribution >= 4 is 17.4 Å². The van der Waals surface area contributed by atoms with Crippen LogP contribution in [0.15, 0.2) is 72.9 Å². The van der Waals surface area contributed by atoms with Gasteiger partial charge < -0.3 is 14.0 Å². The van der Waals surface area contributed by atoms with Crippen LogP contribution >= 0.6 is 0 Å². The predicted octanol–water partition coefficient (Wildman–Crippen LogP) is 8.50. The van der Waals surface area contributed by atoms with Gasteiger partial charge in [0.2, 0.25) is 0 Å². The van der Waals surface area contributed by atoms with Crippen molar-refractivity contribution in [1.29, 1.82) is 0 Å². The highest BCUT2D eigenvalue weighted by molar-refractivity contribution is 5.96. The van der Waals surface area contributed by atoms with Gasteiger partial charge in [-0.3, -0.25) is 4.79 Å². The van der Waals surface area contributed by atoms with Crippen molar-refractivity contribution in [1.82, 2.24) is 4.57 Å². The first-order chi connectivity index (χ1) is 18.3. The number of methoxy groups -OCH3 is 1. The molecule has 1 fully saturated rings. The number of benzene rings is 3. The van der Waals surface area contributed by atoms with Gasteiger partial charge in [0.05, 0.1) is 13.7 Å². The zero-order chi connectivity index (χ0) is 27.1. The van der Waals surface area contributed by atoms with E-state index in [9.17, 15) is 4.79 Å². The second kappa shape index (κ2) is 12.3. The Kier molecular flexibility index (Phi) is 8.93. The Morgan fingerprint density at radius 1 is 0.974 bits per heavy atom.